The van der Waals surface area contributed by atoms with Crippen LogP contribution in [0, 0.1) is 12.3 Å². The Balaban J connectivity index is 3.64. The van der Waals surface area contributed by atoms with E-state index in [0.29, 0.717) is 15.4 Å². The highest BCUT2D eigenvalue weighted by Gasteiger charge is 2.00. The van der Waals surface area contributed by atoms with E-state index < -0.39 is 0 Å². The number of carbonyl (C=O) groups is 1. The van der Waals surface area contributed by atoms with Gasteiger partial charge in [0.1, 0.15) is 0 Å². The minimum Gasteiger partial charge on any atom is -0.528 e. The lowest BCUT2D eigenvalue weighted by atomic mass is 10.3. The van der Waals surface area contributed by atoms with Gasteiger partial charge in [-0.3, -0.25) is 4.79 Å². The van der Waals surface area contributed by atoms with Gasteiger partial charge in [0, 0.05) is 0 Å². The zero-order valence-electron chi connectivity index (χ0n) is 5.01. The monoisotopic (exact) mass is 158 g/mol. The SMILES string of the molecule is C#CC(=S)CC(=O)O[SiH3]. The molecule has 0 rings (SSSR count). The van der Waals surface area contributed by atoms with Crippen molar-refractivity contribution in [3.63, 3.8) is 0 Å². The fourth-order valence-electron chi connectivity index (χ4n) is 0.254. The summed E-state index contributed by atoms with van der Waals surface area (Å²) < 4.78 is 4.44. The number of hydrogen-bond acceptors (Lipinski definition) is 3. The quantitative estimate of drug-likeness (QED) is 0.299. The summed E-state index contributed by atoms with van der Waals surface area (Å²) in [5.41, 5.74) is 0. The van der Waals surface area contributed by atoms with Crippen molar-refractivity contribution in [2.75, 3.05) is 0 Å². The van der Waals surface area contributed by atoms with E-state index in [1.54, 1.807) is 0 Å². The number of terminal acetylenes is 1. The van der Waals surface area contributed by atoms with Crippen molar-refractivity contribution in [2.24, 2.45) is 0 Å². The standard InChI is InChI=1S/C5H6O2SSi/c1-2-4(8)3-5(6)7-9/h1H,3H2,9H3. The first kappa shape index (κ1) is 8.34. The van der Waals surface area contributed by atoms with E-state index >= 15 is 0 Å². The molecule has 0 saturated heterocycles. The molecule has 0 aliphatic carbocycles. The summed E-state index contributed by atoms with van der Waals surface area (Å²) in [7, 11) is 0.403. The van der Waals surface area contributed by atoms with E-state index in [9.17, 15) is 4.79 Å². The Morgan fingerprint density at radius 1 is 1.89 bits per heavy atom. The summed E-state index contributed by atoms with van der Waals surface area (Å²) in [5, 5.41) is 0. The molecular formula is C5H6O2SSi. The summed E-state index contributed by atoms with van der Waals surface area (Å²) in [4.78, 5) is 10.7. The maximum atomic E-state index is 10.4. The number of hydrogen-bond donors (Lipinski definition) is 0. The average Bonchev–Trinajstić information content (AvgIpc) is 1.87. The maximum absolute atomic E-state index is 10.4. The predicted octanol–water partition coefficient (Wildman–Crippen LogP) is -0.797. The van der Waals surface area contributed by atoms with Gasteiger partial charge < -0.3 is 4.43 Å². The summed E-state index contributed by atoms with van der Waals surface area (Å²) in [6.07, 6.45) is 4.97. The Morgan fingerprint density at radius 2 is 2.44 bits per heavy atom. The van der Waals surface area contributed by atoms with Crippen LogP contribution >= 0.6 is 12.2 Å². The van der Waals surface area contributed by atoms with Crippen LogP contribution in [0.15, 0.2) is 0 Å². The van der Waals surface area contributed by atoms with Crippen molar-refractivity contribution < 1.29 is 9.22 Å². The van der Waals surface area contributed by atoms with Gasteiger partial charge >= 0.3 is 0 Å². The Morgan fingerprint density at radius 3 is 2.78 bits per heavy atom. The normalized spacial score (nSPS) is 7.89. The van der Waals surface area contributed by atoms with Gasteiger partial charge in [0.2, 0.25) is 10.5 Å². The Hall–Kier alpha value is -0.663. The van der Waals surface area contributed by atoms with E-state index in [0.717, 1.165) is 0 Å². The molecule has 2 nitrogen and oxygen atoms in total. The molecule has 0 amide bonds. The van der Waals surface area contributed by atoms with Crippen LogP contribution in [0.5, 0.6) is 0 Å². The van der Waals surface area contributed by atoms with E-state index in [-0.39, 0.29) is 12.4 Å². The summed E-state index contributed by atoms with van der Waals surface area (Å²) in [6.45, 7) is 0. The molecule has 9 heavy (non-hydrogen) atoms. The highest BCUT2D eigenvalue weighted by Crippen LogP contribution is 1.86. The summed E-state index contributed by atoms with van der Waals surface area (Å²) in [5.74, 6) is 1.85. The first-order valence-corrected chi connectivity index (χ1v) is 3.49. The topological polar surface area (TPSA) is 26.3 Å². The molecule has 48 valence electrons. The van der Waals surface area contributed by atoms with Gasteiger partial charge in [0.05, 0.1) is 11.3 Å². The number of carbonyl (C=O) groups excluding carboxylic acids is 1. The minimum absolute atomic E-state index is 0.0787. The Kier molecular flexibility index (Phi) is 3.93. The number of rotatable bonds is 2. The fraction of sp³-hybridized carbons (Fsp3) is 0.200. The zero-order valence-corrected chi connectivity index (χ0v) is 7.83. The van der Waals surface area contributed by atoms with Crippen LogP contribution in [-0.2, 0) is 9.22 Å². The van der Waals surface area contributed by atoms with Gasteiger partial charge in [-0.2, -0.15) is 0 Å². The van der Waals surface area contributed by atoms with Gasteiger partial charge in [-0.25, -0.2) is 0 Å². The lowest BCUT2D eigenvalue weighted by molar-refractivity contribution is -0.132. The van der Waals surface area contributed by atoms with E-state index in [2.05, 4.69) is 22.6 Å². The van der Waals surface area contributed by atoms with E-state index in [1.165, 1.54) is 0 Å². The van der Waals surface area contributed by atoms with Gasteiger partial charge in [0.25, 0.3) is 5.97 Å². The van der Waals surface area contributed by atoms with Crippen molar-refractivity contribution in [1.82, 2.24) is 0 Å². The smallest absolute Gasteiger partial charge is 0.297 e. The first-order chi connectivity index (χ1) is 4.20. The maximum Gasteiger partial charge on any atom is 0.297 e. The van der Waals surface area contributed by atoms with Gasteiger partial charge in [0.15, 0.2) is 0 Å². The molecular weight excluding hydrogens is 152 g/mol. The molecule has 0 unspecified atom stereocenters. The molecule has 0 aliphatic rings. The molecule has 0 bridgehead atoms. The van der Waals surface area contributed by atoms with Crippen LogP contribution < -0.4 is 0 Å². The lowest BCUT2D eigenvalue weighted by Gasteiger charge is -1.93. The van der Waals surface area contributed by atoms with Crippen molar-refractivity contribution >= 4 is 33.5 Å². The predicted molar refractivity (Wildman–Crippen MR) is 42.1 cm³/mol. The van der Waals surface area contributed by atoms with Crippen LogP contribution in [0.1, 0.15) is 6.42 Å². The van der Waals surface area contributed by atoms with Crippen molar-refractivity contribution in [3.05, 3.63) is 0 Å². The highest BCUT2D eigenvalue weighted by atomic mass is 32.1. The second-order valence-electron chi connectivity index (χ2n) is 1.32. The molecule has 0 aromatic heterocycles. The molecule has 0 aromatic carbocycles. The van der Waals surface area contributed by atoms with Crippen LogP contribution in [0.25, 0.3) is 0 Å². The molecule has 0 atom stereocenters. The van der Waals surface area contributed by atoms with Gasteiger partial charge in [-0.15, -0.1) is 6.42 Å². The minimum atomic E-state index is -0.329. The van der Waals surface area contributed by atoms with Crippen molar-refractivity contribution in [1.29, 1.82) is 0 Å². The van der Waals surface area contributed by atoms with Gasteiger partial charge in [-0.1, -0.05) is 18.1 Å². The molecule has 0 fully saturated rings. The number of thiocarbonyl (C=S) groups is 1. The zero-order chi connectivity index (χ0) is 7.28. The van der Waals surface area contributed by atoms with E-state index in [1.807, 2.05) is 0 Å². The van der Waals surface area contributed by atoms with Crippen molar-refractivity contribution in [3.8, 4) is 12.3 Å². The first-order valence-electron chi connectivity index (χ1n) is 2.27. The van der Waals surface area contributed by atoms with Crippen LogP contribution in [0.2, 0.25) is 0 Å². The second-order valence-corrected chi connectivity index (χ2v) is 2.22. The third-order valence-corrected chi connectivity index (χ3v) is 1.41. The van der Waals surface area contributed by atoms with Crippen molar-refractivity contribution in [2.45, 2.75) is 6.42 Å². The van der Waals surface area contributed by atoms with Crippen LogP contribution in [-0.4, -0.2) is 21.3 Å². The molecule has 0 radical (unpaired) electrons. The third kappa shape index (κ3) is 3.88. The molecule has 0 heterocycles. The molecule has 4 heteroatoms. The Labute approximate surface area is 62.1 Å². The third-order valence-electron chi connectivity index (χ3n) is 0.694. The second kappa shape index (κ2) is 4.24. The molecule has 0 spiro atoms. The van der Waals surface area contributed by atoms with Crippen LogP contribution in [0.3, 0.4) is 0 Å². The molecule has 0 saturated carbocycles. The van der Waals surface area contributed by atoms with Gasteiger partial charge in [-0.05, 0) is 0 Å². The molecule has 0 aliphatic heterocycles. The Bertz CT molecular complexity index is 170. The summed E-state index contributed by atoms with van der Waals surface area (Å²) >= 11 is 4.58. The fourth-order valence-corrected chi connectivity index (χ4v) is 0.516. The average molecular weight is 158 g/mol. The highest BCUT2D eigenvalue weighted by molar-refractivity contribution is 7.81. The largest absolute Gasteiger partial charge is 0.528 e. The molecule has 0 N–H and O–H groups in total. The van der Waals surface area contributed by atoms with Crippen LogP contribution in [0.4, 0.5) is 0 Å². The molecule has 0 aromatic rings. The van der Waals surface area contributed by atoms with E-state index in [4.69, 9.17) is 6.42 Å². The lowest BCUT2D eigenvalue weighted by Crippen LogP contribution is -2.05. The summed E-state index contributed by atoms with van der Waals surface area (Å²) in [6, 6.07) is 0.